The van der Waals surface area contributed by atoms with Gasteiger partial charge in [-0.25, -0.2) is 4.98 Å². The van der Waals surface area contributed by atoms with Crippen LogP contribution in [0.15, 0.2) is 42.6 Å². The number of nitrogens with one attached hydrogen (secondary N) is 1. The monoisotopic (exact) mass is 447 g/mol. The van der Waals surface area contributed by atoms with E-state index < -0.39 is 0 Å². The smallest absolute Gasteiger partial charge is 0.233 e. The van der Waals surface area contributed by atoms with Crippen LogP contribution in [0.5, 0.6) is 0 Å². The molecule has 2 N–H and O–H groups in total. The number of hydrogen-bond donors (Lipinski definition) is 2. The van der Waals surface area contributed by atoms with E-state index in [1.807, 2.05) is 31.2 Å². The van der Waals surface area contributed by atoms with E-state index in [0.717, 1.165) is 37.3 Å². The number of aliphatic hydroxyl groups excluding tert-OH is 1. The van der Waals surface area contributed by atoms with Crippen molar-refractivity contribution < 1.29 is 9.90 Å². The summed E-state index contributed by atoms with van der Waals surface area (Å²) in [5.74, 6) is 2.26. The first-order valence-electron chi connectivity index (χ1n) is 11.2. The molecule has 0 saturated carbocycles. The number of rotatable bonds is 8. The van der Waals surface area contributed by atoms with Gasteiger partial charge in [0.2, 0.25) is 11.9 Å². The summed E-state index contributed by atoms with van der Waals surface area (Å²) < 4.78 is 0. The maximum atomic E-state index is 12.8. The van der Waals surface area contributed by atoms with Crippen molar-refractivity contribution in [1.29, 1.82) is 0 Å². The molecule has 2 aromatic heterocycles. The zero-order chi connectivity index (χ0) is 23.2. The van der Waals surface area contributed by atoms with Crippen molar-refractivity contribution in [3.63, 3.8) is 0 Å². The van der Waals surface area contributed by atoms with Crippen LogP contribution < -0.4 is 10.2 Å². The normalized spacial score (nSPS) is 14.3. The maximum Gasteiger partial charge on any atom is 0.233 e. The molecular formula is C24H29N7O2. The molecule has 1 saturated heterocycles. The molecule has 1 aliphatic rings. The number of carbonyl (C=O) groups excluding carboxylic acids is 1. The fourth-order valence-corrected chi connectivity index (χ4v) is 3.68. The summed E-state index contributed by atoms with van der Waals surface area (Å²) >= 11 is 0. The molecule has 3 heterocycles. The summed E-state index contributed by atoms with van der Waals surface area (Å²) in [4.78, 5) is 35.3. The van der Waals surface area contributed by atoms with Crippen LogP contribution in [0.25, 0.3) is 0 Å². The van der Waals surface area contributed by atoms with Gasteiger partial charge in [0.25, 0.3) is 0 Å². The van der Waals surface area contributed by atoms with Crippen LogP contribution in [0.1, 0.15) is 34.2 Å². The number of likely N-dealkylation sites (N-methyl/N-ethyl adjacent to an activating group) is 1. The molecule has 0 radical (unpaired) electrons. The molecule has 4 rings (SSSR count). The molecule has 0 atom stereocenters. The molecule has 9 nitrogen and oxygen atoms in total. The topological polar surface area (TPSA) is 107 Å². The number of carbonyl (C=O) groups is 1. The lowest BCUT2D eigenvalue weighted by atomic mass is 10.0. The number of ketones is 1. The third-order valence-electron chi connectivity index (χ3n) is 5.63. The van der Waals surface area contributed by atoms with Crippen LogP contribution in [0, 0.1) is 0 Å². The Labute approximate surface area is 193 Å². The Morgan fingerprint density at radius 1 is 1.06 bits per heavy atom. The number of aromatic nitrogens is 4. The molecule has 0 aliphatic carbocycles. The zero-order valence-corrected chi connectivity index (χ0v) is 19.0. The number of pyridine rings is 1. The molecule has 1 aliphatic heterocycles. The van der Waals surface area contributed by atoms with E-state index in [4.69, 9.17) is 0 Å². The molecule has 0 bridgehead atoms. The van der Waals surface area contributed by atoms with Gasteiger partial charge in [0, 0.05) is 50.8 Å². The lowest BCUT2D eigenvalue weighted by Gasteiger charge is -2.32. The molecule has 0 spiro atoms. The Kier molecular flexibility index (Phi) is 7.21. The second-order valence-electron chi connectivity index (χ2n) is 8.15. The Balaban J connectivity index is 1.50. The third-order valence-corrected chi connectivity index (χ3v) is 5.63. The van der Waals surface area contributed by atoms with Gasteiger partial charge in [-0.15, -0.1) is 0 Å². The average molecular weight is 448 g/mol. The average Bonchev–Trinajstić information content (AvgIpc) is 2.84. The van der Waals surface area contributed by atoms with Gasteiger partial charge in [0.15, 0.2) is 5.78 Å². The number of piperazine rings is 1. The Morgan fingerprint density at radius 3 is 2.61 bits per heavy atom. The number of nitrogens with zero attached hydrogens (tertiary/aromatic N) is 6. The lowest BCUT2D eigenvalue weighted by Crippen LogP contribution is -2.45. The molecule has 1 aromatic carbocycles. The first-order valence-corrected chi connectivity index (χ1v) is 11.2. The molecular weight excluding hydrogens is 418 g/mol. The van der Waals surface area contributed by atoms with Crippen molar-refractivity contribution in [1.82, 2.24) is 24.8 Å². The van der Waals surface area contributed by atoms with Crippen LogP contribution in [-0.2, 0) is 19.4 Å². The van der Waals surface area contributed by atoms with Crippen LogP contribution in [0.3, 0.4) is 0 Å². The summed E-state index contributed by atoms with van der Waals surface area (Å²) in [6.45, 7) is 5.61. The van der Waals surface area contributed by atoms with E-state index in [9.17, 15) is 9.90 Å². The van der Waals surface area contributed by atoms with Gasteiger partial charge in [0.1, 0.15) is 11.6 Å². The summed E-state index contributed by atoms with van der Waals surface area (Å²) in [7, 11) is 2.11. The number of aryl methyl sites for hydroxylation is 1. The SMILES string of the molecule is CCc1nc(Nc2cc(C(=O)Cc3cccc(CO)c3)ccn2)nc(N2CCN(C)CC2)n1. The van der Waals surface area contributed by atoms with Gasteiger partial charge in [-0.3, -0.25) is 4.79 Å². The highest BCUT2D eigenvalue weighted by atomic mass is 16.3. The second-order valence-corrected chi connectivity index (χ2v) is 8.15. The molecule has 1 fully saturated rings. The van der Waals surface area contributed by atoms with Gasteiger partial charge in [0.05, 0.1) is 6.61 Å². The van der Waals surface area contributed by atoms with E-state index in [0.29, 0.717) is 35.5 Å². The highest BCUT2D eigenvalue weighted by Gasteiger charge is 2.18. The number of anilines is 3. The molecule has 0 unspecified atom stereocenters. The number of hydrogen-bond acceptors (Lipinski definition) is 9. The zero-order valence-electron chi connectivity index (χ0n) is 19.0. The van der Waals surface area contributed by atoms with Crippen LogP contribution >= 0.6 is 0 Å². The summed E-state index contributed by atoms with van der Waals surface area (Å²) in [6, 6.07) is 10.8. The second kappa shape index (κ2) is 10.5. The quantitative estimate of drug-likeness (QED) is 0.503. The summed E-state index contributed by atoms with van der Waals surface area (Å²) in [5.41, 5.74) is 2.20. The van der Waals surface area contributed by atoms with Gasteiger partial charge in [-0.05, 0) is 30.3 Å². The summed E-state index contributed by atoms with van der Waals surface area (Å²) in [5, 5.41) is 12.5. The molecule has 172 valence electrons. The highest BCUT2D eigenvalue weighted by Crippen LogP contribution is 2.18. The largest absolute Gasteiger partial charge is 0.392 e. The first kappa shape index (κ1) is 22.8. The molecule has 33 heavy (non-hydrogen) atoms. The minimum atomic E-state index is -0.0485. The van der Waals surface area contributed by atoms with Crippen molar-refractivity contribution in [3.05, 3.63) is 65.1 Å². The molecule has 9 heteroatoms. The van der Waals surface area contributed by atoms with Gasteiger partial charge in [-0.2, -0.15) is 15.0 Å². The number of benzene rings is 1. The fraction of sp³-hybridized carbons (Fsp3) is 0.375. The first-order chi connectivity index (χ1) is 16.0. The van der Waals surface area contributed by atoms with Gasteiger partial charge in [-0.1, -0.05) is 31.2 Å². The van der Waals surface area contributed by atoms with Crippen molar-refractivity contribution in [2.45, 2.75) is 26.4 Å². The van der Waals surface area contributed by atoms with E-state index in [2.05, 4.69) is 42.1 Å². The van der Waals surface area contributed by atoms with Crippen molar-refractivity contribution in [3.8, 4) is 0 Å². The minimum absolute atomic E-state index is 0.0291. The number of aliphatic hydroxyl groups is 1. The lowest BCUT2D eigenvalue weighted by molar-refractivity contribution is 0.0993. The third kappa shape index (κ3) is 5.88. The Bertz CT molecular complexity index is 1110. The minimum Gasteiger partial charge on any atom is -0.392 e. The highest BCUT2D eigenvalue weighted by molar-refractivity contribution is 5.98. The Hall–Kier alpha value is -3.43. The van der Waals surface area contributed by atoms with Crippen LogP contribution in [0.2, 0.25) is 0 Å². The van der Waals surface area contributed by atoms with E-state index >= 15 is 0 Å². The molecule has 0 amide bonds. The van der Waals surface area contributed by atoms with Crippen molar-refractivity contribution in [2.75, 3.05) is 43.4 Å². The van der Waals surface area contributed by atoms with Crippen molar-refractivity contribution >= 4 is 23.5 Å². The summed E-state index contributed by atoms with van der Waals surface area (Å²) in [6.07, 6.45) is 2.54. The predicted molar refractivity (Wildman–Crippen MR) is 127 cm³/mol. The fourth-order valence-electron chi connectivity index (χ4n) is 3.68. The van der Waals surface area contributed by atoms with Crippen LogP contribution in [-0.4, -0.2) is 69.0 Å². The standard InChI is InChI=1S/C24H29N7O2/c1-3-21-26-23(29-24(28-21)31-11-9-30(2)10-12-31)27-22-15-19(7-8-25-22)20(33)14-17-5-4-6-18(13-17)16-32/h4-8,13,15,32H,3,9-12,14,16H2,1-2H3,(H,25,26,27,28,29). The van der Waals surface area contributed by atoms with Crippen molar-refractivity contribution in [2.24, 2.45) is 0 Å². The Morgan fingerprint density at radius 2 is 1.85 bits per heavy atom. The van der Waals surface area contributed by atoms with Gasteiger partial charge >= 0.3 is 0 Å². The van der Waals surface area contributed by atoms with Gasteiger partial charge < -0.3 is 20.2 Å². The van der Waals surface area contributed by atoms with E-state index in [-0.39, 0.29) is 18.8 Å². The maximum absolute atomic E-state index is 12.8. The molecule has 3 aromatic rings. The number of Topliss-reactive ketones (excluding diaryl/α,β-unsaturated/α-hetero) is 1. The van der Waals surface area contributed by atoms with E-state index in [1.54, 1.807) is 18.3 Å². The van der Waals surface area contributed by atoms with E-state index in [1.165, 1.54) is 0 Å². The predicted octanol–water partition coefficient (Wildman–Crippen LogP) is 2.24. The van der Waals surface area contributed by atoms with Crippen LogP contribution in [0.4, 0.5) is 17.7 Å².